The Balaban J connectivity index is 3.02. The number of aromatic hydroxyl groups is 1. The van der Waals surface area contributed by atoms with E-state index in [0.717, 1.165) is 6.92 Å². The van der Waals surface area contributed by atoms with E-state index in [-0.39, 0.29) is 0 Å². The number of halogens is 3. The fraction of sp³-hybridized carbons (Fsp3) is 0.100. The smallest absolute Gasteiger partial charge is 0.262 e. The fourth-order valence-corrected chi connectivity index (χ4v) is 2.47. The van der Waals surface area contributed by atoms with Gasteiger partial charge in [0, 0.05) is 5.56 Å². The molecule has 0 unspecified atom stereocenters. The molecule has 1 heterocycles. The van der Waals surface area contributed by atoms with Gasteiger partial charge in [-0.05, 0) is 6.92 Å². The minimum atomic E-state index is -1.34. The van der Waals surface area contributed by atoms with Crippen molar-refractivity contribution < 1.29 is 23.1 Å². The lowest BCUT2D eigenvalue weighted by molar-refractivity contribution is 0.100. The summed E-state index contributed by atoms with van der Waals surface area (Å²) in [6.07, 6.45) is 0. The first-order valence-electron chi connectivity index (χ1n) is 4.44. The first-order chi connectivity index (χ1) is 7.86. The average Bonchev–Trinajstić information content (AvgIpc) is 2.62. The maximum absolute atomic E-state index is 13.7. The van der Waals surface area contributed by atoms with Crippen LogP contribution in [0.3, 0.4) is 0 Å². The molecule has 90 valence electrons. The Morgan fingerprint density at radius 1 is 1.24 bits per heavy atom. The summed E-state index contributed by atoms with van der Waals surface area (Å²) >= 11 is 0.416. The van der Waals surface area contributed by atoms with E-state index in [2.05, 4.69) is 0 Å². The standard InChI is InChI=1S/C10H6F3NO2S/c1-2-4(11)3-7(15)9(10(14)16)17-8(3)6(13)5(2)12/h15H,1H3,(H2,14,16). The van der Waals surface area contributed by atoms with E-state index in [0.29, 0.717) is 11.3 Å². The first kappa shape index (κ1) is 11.7. The number of hydrogen-bond acceptors (Lipinski definition) is 3. The number of rotatable bonds is 1. The third-order valence-corrected chi connectivity index (χ3v) is 3.56. The van der Waals surface area contributed by atoms with E-state index in [1.165, 1.54) is 0 Å². The van der Waals surface area contributed by atoms with Crippen molar-refractivity contribution in [1.82, 2.24) is 0 Å². The number of carbonyl (C=O) groups excluding carboxylic acids is 1. The lowest BCUT2D eigenvalue weighted by Crippen LogP contribution is -2.08. The van der Waals surface area contributed by atoms with Crippen LogP contribution < -0.4 is 5.73 Å². The maximum atomic E-state index is 13.7. The van der Waals surface area contributed by atoms with Crippen molar-refractivity contribution in [3.8, 4) is 5.75 Å². The first-order valence-corrected chi connectivity index (χ1v) is 5.26. The molecule has 0 atom stereocenters. The molecule has 0 aliphatic rings. The van der Waals surface area contributed by atoms with Crippen molar-refractivity contribution in [2.45, 2.75) is 6.92 Å². The molecule has 0 spiro atoms. The molecule has 1 amide bonds. The van der Waals surface area contributed by atoms with Crippen molar-refractivity contribution in [1.29, 1.82) is 0 Å². The van der Waals surface area contributed by atoms with Gasteiger partial charge in [-0.3, -0.25) is 4.79 Å². The van der Waals surface area contributed by atoms with Gasteiger partial charge in [-0.15, -0.1) is 11.3 Å². The molecule has 0 saturated heterocycles. The van der Waals surface area contributed by atoms with Crippen molar-refractivity contribution >= 4 is 27.3 Å². The zero-order valence-corrected chi connectivity index (χ0v) is 9.29. The van der Waals surface area contributed by atoms with Gasteiger partial charge in [0.15, 0.2) is 11.6 Å². The Hall–Kier alpha value is -1.76. The van der Waals surface area contributed by atoms with Crippen LogP contribution in [-0.4, -0.2) is 11.0 Å². The van der Waals surface area contributed by atoms with E-state index >= 15 is 0 Å². The predicted octanol–water partition coefficient (Wildman–Crippen LogP) is 2.43. The quantitative estimate of drug-likeness (QED) is 0.774. The normalized spacial score (nSPS) is 11.1. The Labute approximate surface area is 97.3 Å². The molecule has 0 saturated carbocycles. The summed E-state index contributed by atoms with van der Waals surface area (Å²) in [7, 11) is 0. The van der Waals surface area contributed by atoms with Crippen LogP contribution in [0.15, 0.2) is 0 Å². The Bertz CT molecular complexity index is 651. The highest BCUT2D eigenvalue weighted by Crippen LogP contribution is 2.41. The van der Waals surface area contributed by atoms with E-state index in [4.69, 9.17) is 5.73 Å². The molecule has 0 fully saturated rings. The molecule has 0 aliphatic carbocycles. The van der Waals surface area contributed by atoms with E-state index in [1.54, 1.807) is 0 Å². The molecule has 3 nitrogen and oxygen atoms in total. The number of nitrogens with two attached hydrogens (primary N) is 1. The zero-order chi connectivity index (χ0) is 12.9. The molecule has 1 aromatic heterocycles. The van der Waals surface area contributed by atoms with Crippen LogP contribution in [0.4, 0.5) is 13.2 Å². The average molecular weight is 261 g/mol. The van der Waals surface area contributed by atoms with Crippen molar-refractivity contribution in [3.05, 3.63) is 27.9 Å². The van der Waals surface area contributed by atoms with Gasteiger partial charge in [0.1, 0.15) is 16.4 Å². The van der Waals surface area contributed by atoms with Gasteiger partial charge in [-0.25, -0.2) is 13.2 Å². The van der Waals surface area contributed by atoms with Gasteiger partial charge in [0.05, 0.1) is 10.1 Å². The number of carbonyl (C=O) groups is 1. The van der Waals surface area contributed by atoms with Gasteiger partial charge in [0.2, 0.25) is 0 Å². The molecular formula is C10H6F3NO2S. The zero-order valence-electron chi connectivity index (χ0n) is 8.47. The van der Waals surface area contributed by atoms with Crippen LogP contribution >= 0.6 is 11.3 Å². The van der Waals surface area contributed by atoms with Crippen LogP contribution in [-0.2, 0) is 0 Å². The lowest BCUT2D eigenvalue weighted by Gasteiger charge is -2.02. The van der Waals surface area contributed by atoms with E-state index in [1.807, 2.05) is 0 Å². The summed E-state index contributed by atoms with van der Waals surface area (Å²) in [5.74, 6) is -5.52. The van der Waals surface area contributed by atoms with E-state index < -0.39 is 49.6 Å². The van der Waals surface area contributed by atoms with Crippen LogP contribution in [0.2, 0.25) is 0 Å². The Morgan fingerprint density at radius 2 is 1.82 bits per heavy atom. The molecule has 2 aromatic rings. The third kappa shape index (κ3) is 1.46. The summed E-state index contributed by atoms with van der Waals surface area (Å²) in [4.78, 5) is 10.5. The highest BCUT2D eigenvalue weighted by molar-refractivity contribution is 7.21. The molecule has 1 aromatic carbocycles. The molecule has 3 N–H and O–H groups in total. The topological polar surface area (TPSA) is 63.3 Å². The van der Waals surface area contributed by atoms with Gasteiger partial charge in [-0.1, -0.05) is 0 Å². The van der Waals surface area contributed by atoms with Crippen molar-refractivity contribution in [3.63, 3.8) is 0 Å². The number of amides is 1. The van der Waals surface area contributed by atoms with Crippen LogP contribution in [0, 0.1) is 24.4 Å². The maximum Gasteiger partial charge on any atom is 0.262 e. The minimum absolute atomic E-state index is 0.400. The molecule has 0 bridgehead atoms. The largest absolute Gasteiger partial charge is 0.505 e. The summed E-state index contributed by atoms with van der Waals surface area (Å²) in [5, 5.41) is 9.05. The second kappa shape index (κ2) is 3.63. The Morgan fingerprint density at radius 3 is 2.35 bits per heavy atom. The third-order valence-electron chi connectivity index (χ3n) is 2.38. The van der Waals surface area contributed by atoms with E-state index in [9.17, 15) is 23.1 Å². The van der Waals surface area contributed by atoms with Gasteiger partial charge in [-0.2, -0.15) is 0 Å². The second-order valence-corrected chi connectivity index (χ2v) is 4.44. The van der Waals surface area contributed by atoms with Crippen LogP contribution in [0.25, 0.3) is 10.1 Å². The molecular weight excluding hydrogens is 255 g/mol. The van der Waals surface area contributed by atoms with Crippen LogP contribution in [0.1, 0.15) is 15.2 Å². The molecule has 17 heavy (non-hydrogen) atoms. The van der Waals surface area contributed by atoms with Crippen molar-refractivity contribution in [2.75, 3.05) is 0 Å². The molecule has 2 rings (SSSR count). The summed E-state index contributed by atoms with van der Waals surface area (Å²) in [5.41, 5.74) is 4.37. The second-order valence-electron chi connectivity index (χ2n) is 3.42. The fourth-order valence-electron chi connectivity index (χ4n) is 1.50. The molecule has 0 radical (unpaired) electrons. The monoisotopic (exact) mass is 261 g/mol. The highest BCUT2D eigenvalue weighted by atomic mass is 32.1. The minimum Gasteiger partial charge on any atom is -0.505 e. The Kier molecular flexibility index (Phi) is 2.50. The summed E-state index contributed by atoms with van der Waals surface area (Å²) in [6, 6.07) is 0. The highest BCUT2D eigenvalue weighted by Gasteiger charge is 2.25. The SMILES string of the molecule is Cc1c(F)c(F)c2sc(C(N)=O)c(O)c2c1F. The lowest BCUT2D eigenvalue weighted by atomic mass is 10.1. The summed E-state index contributed by atoms with van der Waals surface area (Å²) in [6.45, 7) is 1.04. The molecule has 7 heteroatoms. The number of hydrogen-bond donors (Lipinski definition) is 2. The predicted molar refractivity (Wildman–Crippen MR) is 56.6 cm³/mol. The number of benzene rings is 1. The number of fused-ring (bicyclic) bond motifs is 1. The number of primary amides is 1. The van der Waals surface area contributed by atoms with Gasteiger partial charge in [0.25, 0.3) is 5.91 Å². The van der Waals surface area contributed by atoms with Gasteiger partial charge < -0.3 is 10.8 Å². The number of thiophene rings is 1. The van der Waals surface area contributed by atoms with Crippen LogP contribution in [0.5, 0.6) is 5.75 Å². The summed E-state index contributed by atoms with van der Waals surface area (Å²) < 4.78 is 40.0. The van der Waals surface area contributed by atoms with Crippen molar-refractivity contribution in [2.24, 2.45) is 5.73 Å². The molecule has 0 aliphatic heterocycles. The van der Waals surface area contributed by atoms with Gasteiger partial charge >= 0.3 is 0 Å².